The Morgan fingerprint density at radius 1 is 1.29 bits per heavy atom. The van der Waals surface area contributed by atoms with Crippen LogP contribution in [-0.2, 0) is 14.3 Å². The van der Waals surface area contributed by atoms with E-state index in [0.29, 0.717) is 18.8 Å². The summed E-state index contributed by atoms with van der Waals surface area (Å²) in [6, 6.07) is 8.12. The summed E-state index contributed by atoms with van der Waals surface area (Å²) in [5, 5.41) is 12.4. The van der Waals surface area contributed by atoms with Crippen LogP contribution in [0.15, 0.2) is 36.1 Å². The molecule has 0 aromatic heterocycles. The summed E-state index contributed by atoms with van der Waals surface area (Å²) >= 11 is 0. The number of hydrogen-bond acceptors (Lipinski definition) is 5. The highest BCUT2D eigenvalue weighted by molar-refractivity contribution is 5.92. The second kappa shape index (κ2) is 9.94. The maximum absolute atomic E-state index is 12.7. The van der Waals surface area contributed by atoms with Gasteiger partial charge < -0.3 is 24.6 Å². The lowest BCUT2D eigenvalue weighted by molar-refractivity contribution is -0.167. The van der Waals surface area contributed by atoms with Crippen LogP contribution in [0.2, 0.25) is 0 Å². The average Bonchev–Trinajstić information content (AvgIpc) is 2.69. The van der Waals surface area contributed by atoms with Crippen molar-refractivity contribution in [3.63, 3.8) is 0 Å². The molecule has 1 saturated carbocycles. The number of hydrogen-bond donors (Lipinski definition) is 2. The lowest BCUT2D eigenvalue weighted by Crippen LogP contribution is -2.43. The highest BCUT2D eigenvalue weighted by atomic mass is 16.7. The second-order valence-electron chi connectivity index (χ2n) is 7.40. The predicted octanol–water partition coefficient (Wildman–Crippen LogP) is 3.11. The fourth-order valence-electron chi connectivity index (χ4n) is 3.78. The van der Waals surface area contributed by atoms with Crippen LogP contribution in [0.25, 0.3) is 0 Å². The number of aliphatic hydroxyl groups excluding tert-OH is 1. The SMILES string of the molecule is CCO[C@H]1OC(C(=O)NC2CCC2)=C[C@@H](c2ccc(OC)cc2)[C@@H]1CCCO. The summed E-state index contributed by atoms with van der Waals surface area (Å²) < 4.78 is 17.1. The molecule has 1 aliphatic heterocycles. The summed E-state index contributed by atoms with van der Waals surface area (Å²) in [7, 11) is 1.64. The number of carbonyl (C=O) groups excluding carboxylic acids is 1. The quantitative estimate of drug-likeness (QED) is 0.679. The van der Waals surface area contributed by atoms with Gasteiger partial charge in [0.2, 0.25) is 6.29 Å². The van der Waals surface area contributed by atoms with Crippen molar-refractivity contribution >= 4 is 5.91 Å². The van der Waals surface area contributed by atoms with Gasteiger partial charge >= 0.3 is 0 Å². The van der Waals surface area contributed by atoms with Crippen molar-refractivity contribution in [2.45, 2.75) is 57.3 Å². The molecule has 0 radical (unpaired) electrons. The average molecular weight is 389 g/mol. The Morgan fingerprint density at radius 3 is 2.61 bits per heavy atom. The number of benzene rings is 1. The van der Waals surface area contributed by atoms with Crippen LogP contribution in [-0.4, -0.2) is 43.7 Å². The van der Waals surface area contributed by atoms with Crippen molar-refractivity contribution in [2.24, 2.45) is 5.92 Å². The summed E-state index contributed by atoms with van der Waals surface area (Å²) in [6.45, 7) is 2.53. The van der Waals surface area contributed by atoms with Gasteiger partial charge in [0.1, 0.15) is 5.75 Å². The van der Waals surface area contributed by atoms with Crippen molar-refractivity contribution < 1.29 is 24.1 Å². The molecule has 154 valence electrons. The Bertz CT molecular complexity index is 668. The molecule has 1 amide bonds. The zero-order chi connectivity index (χ0) is 19.9. The maximum atomic E-state index is 12.7. The predicted molar refractivity (Wildman–Crippen MR) is 106 cm³/mol. The fourth-order valence-corrected chi connectivity index (χ4v) is 3.78. The van der Waals surface area contributed by atoms with E-state index in [-0.39, 0.29) is 30.4 Å². The Kier molecular flexibility index (Phi) is 7.34. The standard InChI is InChI=1S/C22H31NO5/c1-3-27-22-18(8-5-13-24)19(15-9-11-17(26-2)12-10-15)14-20(28-22)21(25)23-16-6-4-7-16/h9-12,14,16,18-19,22,24H,3-8,13H2,1-2H3,(H,23,25)/t18-,19-,22-/m0/s1. The molecule has 1 heterocycles. The molecular formula is C22H31NO5. The van der Waals surface area contributed by atoms with Gasteiger partial charge in [-0.2, -0.15) is 0 Å². The number of allylic oxidation sites excluding steroid dienone is 1. The van der Waals surface area contributed by atoms with Crippen LogP contribution in [0.3, 0.4) is 0 Å². The molecule has 6 heteroatoms. The van der Waals surface area contributed by atoms with Gasteiger partial charge in [0.05, 0.1) is 7.11 Å². The molecule has 0 unspecified atom stereocenters. The highest BCUT2D eigenvalue weighted by Gasteiger charge is 2.38. The van der Waals surface area contributed by atoms with E-state index in [1.54, 1.807) is 7.11 Å². The number of ether oxygens (including phenoxy) is 3. The minimum atomic E-state index is -0.518. The van der Waals surface area contributed by atoms with Crippen LogP contribution in [0.5, 0.6) is 5.75 Å². The van der Waals surface area contributed by atoms with Crippen molar-refractivity contribution in [3.8, 4) is 5.75 Å². The van der Waals surface area contributed by atoms with Crippen molar-refractivity contribution in [1.82, 2.24) is 5.32 Å². The summed E-state index contributed by atoms with van der Waals surface area (Å²) in [4.78, 5) is 12.7. The first kappa shape index (κ1) is 20.7. The molecule has 1 fully saturated rings. The number of carbonyl (C=O) groups is 1. The molecule has 28 heavy (non-hydrogen) atoms. The molecule has 0 saturated heterocycles. The third-order valence-electron chi connectivity index (χ3n) is 5.58. The molecule has 0 bridgehead atoms. The van der Waals surface area contributed by atoms with Crippen LogP contribution in [0, 0.1) is 5.92 Å². The summed E-state index contributed by atoms with van der Waals surface area (Å²) in [5.74, 6) is 0.918. The minimum Gasteiger partial charge on any atom is -0.497 e. The summed E-state index contributed by atoms with van der Waals surface area (Å²) in [5.41, 5.74) is 1.07. The number of rotatable bonds is 9. The topological polar surface area (TPSA) is 77.0 Å². The Morgan fingerprint density at radius 2 is 2.04 bits per heavy atom. The van der Waals surface area contributed by atoms with Crippen molar-refractivity contribution in [3.05, 3.63) is 41.7 Å². The normalized spacial score (nSPS) is 24.7. The molecular weight excluding hydrogens is 358 g/mol. The van der Waals surface area contributed by atoms with E-state index < -0.39 is 6.29 Å². The van der Waals surface area contributed by atoms with Crippen molar-refractivity contribution in [2.75, 3.05) is 20.3 Å². The first-order valence-corrected chi connectivity index (χ1v) is 10.2. The van der Waals surface area contributed by atoms with E-state index in [1.165, 1.54) is 0 Å². The van der Waals surface area contributed by atoms with Gasteiger partial charge in [0.15, 0.2) is 5.76 Å². The van der Waals surface area contributed by atoms with Gasteiger partial charge in [-0.1, -0.05) is 12.1 Å². The maximum Gasteiger partial charge on any atom is 0.286 e. The number of aliphatic hydroxyl groups is 1. The lowest BCUT2D eigenvalue weighted by atomic mass is 9.80. The zero-order valence-electron chi connectivity index (χ0n) is 16.7. The Labute approximate surface area is 166 Å². The van der Waals surface area contributed by atoms with E-state index in [1.807, 2.05) is 37.3 Å². The molecule has 6 nitrogen and oxygen atoms in total. The first-order valence-electron chi connectivity index (χ1n) is 10.2. The van der Waals surface area contributed by atoms with E-state index in [4.69, 9.17) is 14.2 Å². The molecule has 2 aliphatic rings. The van der Waals surface area contributed by atoms with Gasteiger partial charge in [-0.05, 0) is 62.8 Å². The Hall–Kier alpha value is -2.05. The minimum absolute atomic E-state index is 0.0146. The highest BCUT2D eigenvalue weighted by Crippen LogP contribution is 2.40. The molecule has 0 spiro atoms. The Balaban J connectivity index is 1.88. The molecule has 3 rings (SSSR count). The zero-order valence-corrected chi connectivity index (χ0v) is 16.7. The van der Waals surface area contributed by atoms with Gasteiger partial charge in [-0.15, -0.1) is 0 Å². The van der Waals surface area contributed by atoms with Gasteiger partial charge in [-0.25, -0.2) is 0 Å². The fraction of sp³-hybridized carbons (Fsp3) is 0.591. The number of nitrogens with one attached hydrogen (secondary N) is 1. The van der Waals surface area contributed by atoms with Gasteiger partial charge in [0.25, 0.3) is 5.91 Å². The molecule has 1 aliphatic carbocycles. The smallest absolute Gasteiger partial charge is 0.286 e. The third-order valence-corrected chi connectivity index (χ3v) is 5.58. The number of amides is 1. The van der Waals surface area contributed by atoms with Gasteiger partial charge in [-0.3, -0.25) is 4.79 Å². The van der Waals surface area contributed by atoms with Crippen molar-refractivity contribution in [1.29, 1.82) is 0 Å². The van der Waals surface area contributed by atoms with Crippen LogP contribution in [0.4, 0.5) is 0 Å². The van der Waals surface area contributed by atoms with Gasteiger partial charge in [0, 0.05) is 31.1 Å². The summed E-state index contributed by atoms with van der Waals surface area (Å²) in [6.07, 6.45) is 5.99. The van der Waals surface area contributed by atoms with E-state index in [9.17, 15) is 9.90 Å². The molecule has 1 aromatic carbocycles. The third kappa shape index (κ3) is 4.86. The van der Waals surface area contributed by atoms with E-state index in [2.05, 4.69) is 5.32 Å². The number of methoxy groups -OCH3 is 1. The molecule has 3 atom stereocenters. The molecule has 1 aromatic rings. The first-order chi connectivity index (χ1) is 13.7. The van der Waals surface area contributed by atoms with E-state index in [0.717, 1.165) is 37.0 Å². The van der Waals surface area contributed by atoms with E-state index >= 15 is 0 Å². The molecule has 2 N–H and O–H groups in total. The largest absolute Gasteiger partial charge is 0.497 e. The second-order valence-corrected chi connectivity index (χ2v) is 7.40. The van der Waals surface area contributed by atoms with Crippen LogP contribution in [0.1, 0.15) is 50.5 Å². The lowest BCUT2D eigenvalue weighted by Gasteiger charge is -2.37. The van der Waals surface area contributed by atoms with Crippen LogP contribution < -0.4 is 10.1 Å². The van der Waals surface area contributed by atoms with Crippen LogP contribution >= 0.6 is 0 Å². The monoisotopic (exact) mass is 389 g/mol.